The van der Waals surface area contributed by atoms with Crippen LogP contribution in [0.2, 0.25) is 0 Å². The molecular formula is C13H10BrFN2O. The van der Waals surface area contributed by atoms with Crippen LogP contribution in [-0.2, 0) is 0 Å². The smallest absolute Gasteiger partial charge is 0.255 e. The van der Waals surface area contributed by atoms with E-state index < -0.39 is 11.7 Å². The minimum absolute atomic E-state index is 0.248. The number of hydrogen-bond acceptors (Lipinski definition) is 2. The van der Waals surface area contributed by atoms with E-state index in [0.29, 0.717) is 11.4 Å². The topological polar surface area (TPSA) is 55.1 Å². The summed E-state index contributed by atoms with van der Waals surface area (Å²) in [5.41, 5.74) is 6.94. The fourth-order valence-corrected chi connectivity index (χ4v) is 1.85. The molecule has 0 aliphatic carbocycles. The number of amides is 1. The van der Waals surface area contributed by atoms with E-state index in [1.54, 1.807) is 18.2 Å². The van der Waals surface area contributed by atoms with Gasteiger partial charge >= 0.3 is 0 Å². The molecule has 0 saturated carbocycles. The van der Waals surface area contributed by atoms with Gasteiger partial charge in [-0.1, -0.05) is 22.0 Å². The molecule has 0 bridgehead atoms. The van der Waals surface area contributed by atoms with Gasteiger partial charge < -0.3 is 11.1 Å². The summed E-state index contributed by atoms with van der Waals surface area (Å²) in [7, 11) is 0. The van der Waals surface area contributed by atoms with E-state index in [2.05, 4.69) is 21.2 Å². The van der Waals surface area contributed by atoms with Crippen LogP contribution in [0.25, 0.3) is 0 Å². The molecule has 2 rings (SSSR count). The monoisotopic (exact) mass is 308 g/mol. The highest BCUT2D eigenvalue weighted by atomic mass is 79.9. The molecule has 92 valence electrons. The first kappa shape index (κ1) is 12.6. The Hall–Kier alpha value is -1.88. The van der Waals surface area contributed by atoms with Gasteiger partial charge in [0, 0.05) is 10.0 Å². The van der Waals surface area contributed by atoms with Crippen molar-refractivity contribution in [3.8, 4) is 0 Å². The molecule has 0 radical (unpaired) electrons. The normalized spacial score (nSPS) is 10.1. The van der Waals surface area contributed by atoms with E-state index in [-0.39, 0.29) is 5.56 Å². The van der Waals surface area contributed by atoms with Gasteiger partial charge in [-0.25, -0.2) is 4.39 Å². The van der Waals surface area contributed by atoms with Crippen LogP contribution in [0.3, 0.4) is 0 Å². The Morgan fingerprint density at radius 3 is 2.67 bits per heavy atom. The lowest BCUT2D eigenvalue weighted by Gasteiger charge is -2.08. The second kappa shape index (κ2) is 5.18. The number of anilines is 2. The molecule has 0 aliphatic heterocycles. The number of nitrogens with one attached hydrogen (secondary N) is 1. The Bertz CT molecular complexity index is 601. The number of rotatable bonds is 2. The highest BCUT2D eigenvalue weighted by Crippen LogP contribution is 2.23. The van der Waals surface area contributed by atoms with Gasteiger partial charge in [-0.2, -0.15) is 0 Å². The molecule has 0 aromatic heterocycles. The van der Waals surface area contributed by atoms with Crippen molar-refractivity contribution in [1.82, 2.24) is 0 Å². The first-order valence-corrected chi connectivity index (χ1v) is 5.97. The zero-order valence-corrected chi connectivity index (χ0v) is 10.9. The van der Waals surface area contributed by atoms with Crippen molar-refractivity contribution in [1.29, 1.82) is 0 Å². The summed E-state index contributed by atoms with van der Waals surface area (Å²) in [6.07, 6.45) is 0. The summed E-state index contributed by atoms with van der Waals surface area (Å²) < 4.78 is 13.8. The van der Waals surface area contributed by atoms with Crippen LogP contribution < -0.4 is 11.1 Å². The summed E-state index contributed by atoms with van der Waals surface area (Å²) in [4.78, 5) is 11.9. The van der Waals surface area contributed by atoms with Gasteiger partial charge in [0.2, 0.25) is 0 Å². The van der Waals surface area contributed by atoms with E-state index in [1.807, 2.05) is 0 Å². The van der Waals surface area contributed by atoms with E-state index >= 15 is 0 Å². The standard InChI is InChI=1S/C13H10BrFN2O/c14-9-4-5-12(11(16)7-9)17-13(18)8-2-1-3-10(15)6-8/h1-7H,16H2,(H,17,18). The maximum atomic E-state index is 13.0. The predicted octanol–water partition coefficient (Wildman–Crippen LogP) is 3.42. The molecule has 2 aromatic rings. The van der Waals surface area contributed by atoms with Crippen molar-refractivity contribution >= 4 is 33.2 Å². The molecule has 0 aliphatic rings. The third kappa shape index (κ3) is 2.87. The van der Waals surface area contributed by atoms with Crippen LogP contribution in [0.1, 0.15) is 10.4 Å². The van der Waals surface area contributed by atoms with Gasteiger partial charge in [0.25, 0.3) is 5.91 Å². The molecule has 3 nitrogen and oxygen atoms in total. The van der Waals surface area contributed by atoms with E-state index in [9.17, 15) is 9.18 Å². The molecule has 0 spiro atoms. The molecule has 0 saturated heterocycles. The first-order valence-electron chi connectivity index (χ1n) is 5.18. The third-order valence-electron chi connectivity index (χ3n) is 2.35. The summed E-state index contributed by atoms with van der Waals surface area (Å²) in [5, 5.41) is 2.63. The average Bonchev–Trinajstić information content (AvgIpc) is 2.32. The fraction of sp³-hybridized carbons (Fsp3) is 0. The molecular weight excluding hydrogens is 299 g/mol. The molecule has 3 N–H and O–H groups in total. The summed E-state index contributed by atoms with van der Waals surface area (Å²) in [5.74, 6) is -0.852. The zero-order valence-electron chi connectivity index (χ0n) is 9.28. The molecule has 2 aromatic carbocycles. The lowest BCUT2D eigenvalue weighted by Crippen LogP contribution is -2.13. The van der Waals surface area contributed by atoms with Crippen LogP contribution in [0.15, 0.2) is 46.9 Å². The van der Waals surface area contributed by atoms with Crippen molar-refractivity contribution < 1.29 is 9.18 Å². The van der Waals surface area contributed by atoms with Crippen molar-refractivity contribution in [2.24, 2.45) is 0 Å². The second-order valence-corrected chi connectivity index (χ2v) is 4.61. The molecule has 0 atom stereocenters. The number of nitrogen functional groups attached to an aromatic ring is 1. The van der Waals surface area contributed by atoms with Crippen molar-refractivity contribution in [2.75, 3.05) is 11.1 Å². The van der Waals surface area contributed by atoms with E-state index in [1.165, 1.54) is 24.3 Å². The van der Waals surface area contributed by atoms with Gasteiger partial charge in [-0.15, -0.1) is 0 Å². The lowest BCUT2D eigenvalue weighted by molar-refractivity contribution is 0.102. The van der Waals surface area contributed by atoms with Crippen LogP contribution in [0.5, 0.6) is 0 Å². The Balaban J connectivity index is 2.21. The number of benzene rings is 2. The van der Waals surface area contributed by atoms with Crippen molar-refractivity contribution in [2.45, 2.75) is 0 Å². The Morgan fingerprint density at radius 2 is 2.00 bits per heavy atom. The SMILES string of the molecule is Nc1cc(Br)ccc1NC(=O)c1cccc(F)c1. The molecule has 0 heterocycles. The highest BCUT2D eigenvalue weighted by Gasteiger charge is 2.08. The van der Waals surface area contributed by atoms with E-state index in [4.69, 9.17) is 5.73 Å². The van der Waals surface area contributed by atoms with Gasteiger partial charge in [0.1, 0.15) is 5.82 Å². The maximum Gasteiger partial charge on any atom is 0.255 e. The van der Waals surface area contributed by atoms with Crippen molar-refractivity contribution in [3.63, 3.8) is 0 Å². The van der Waals surface area contributed by atoms with Crippen LogP contribution >= 0.6 is 15.9 Å². The fourth-order valence-electron chi connectivity index (χ4n) is 1.47. The van der Waals surface area contributed by atoms with Gasteiger partial charge in [0.05, 0.1) is 11.4 Å². The Labute approximate surface area is 112 Å². The molecule has 0 fully saturated rings. The first-order chi connectivity index (χ1) is 8.56. The zero-order chi connectivity index (χ0) is 13.1. The van der Waals surface area contributed by atoms with Gasteiger partial charge in [-0.3, -0.25) is 4.79 Å². The molecule has 1 amide bonds. The van der Waals surface area contributed by atoms with Crippen LogP contribution in [0, 0.1) is 5.82 Å². The third-order valence-corrected chi connectivity index (χ3v) is 2.84. The minimum atomic E-state index is -0.452. The summed E-state index contributed by atoms with van der Waals surface area (Å²) in [6, 6.07) is 10.6. The average molecular weight is 309 g/mol. The van der Waals surface area contributed by atoms with Crippen molar-refractivity contribution in [3.05, 3.63) is 58.3 Å². The molecule has 18 heavy (non-hydrogen) atoms. The highest BCUT2D eigenvalue weighted by molar-refractivity contribution is 9.10. The number of hydrogen-bond donors (Lipinski definition) is 2. The molecule has 0 unspecified atom stereocenters. The Kier molecular flexibility index (Phi) is 3.62. The predicted molar refractivity (Wildman–Crippen MR) is 72.9 cm³/mol. The maximum absolute atomic E-state index is 13.0. The number of carbonyl (C=O) groups is 1. The second-order valence-electron chi connectivity index (χ2n) is 3.70. The number of halogens is 2. The number of carbonyl (C=O) groups excluding carboxylic acids is 1. The number of nitrogens with two attached hydrogens (primary N) is 1. The quantitative estimate of drug-likeness (QED) is 0.835. The van der Waals surface area contributed by atoms with E-state index in [0.717, 1.165) is 4.47 Å². The van der Waals surface area contributed by atoms with Crippen LogP contribution in [0.4, 0.5) is 15.8 Å². The molecule has 5 heteroatoms. The van der Waals surface area contributed by atoms with Gasteiger partial charge in [0.15, 0.2) is 0 Å². The summed E-state index contributed by atoms with van der Waals surface area (Å²) >= 11 is 3.27. The Morgan fingerprint density at radius 1 is 1.22 bits per heavy atom. The lowest BCUT2D eigenvalue weighted by atomic mass is 10.2. The van der Waals surface area contributed by atoms with Crippen LogP contribution in [-0.4, -0.2) is 5.91 Å². The largest absolute Gasteiger partial charge is 0.397 e. The van der Waals surface area contributed by atoms with Gasteiger partial charge in [-0.05, 0) is 36.4 Å². The summed E-state index contributed by atoms with van der Waals surface area (Å²) in [6.45, 7) is 0. The minimum Gasteiger partial charge on any atom is -0.397 e.